The molecule has 0 atom stereocenters. The van der Waals surface area contributed by atoms with E-state index in [1.807, 2.05) is 6.07 Å². The first-order valence-corrected chi connectivity index (χ1v) is 8.69. The largest absolute Gasteiger partial charge is 0.494 e. The quantitative estimate of drug-likeness (QED) is 0.902. The fourth-order valence-corrected chi connectivity index (χ4v) is 3.22. The highest BCUT2D eigenvalue weighted by Crippen LogP contribution is 2.17. The molecule has 1 aliphatic heterocycles. The minimum Gasteiger partial charge on any atom is -0.494 e. The Balaban J connectivity index is 1.57. The van der Waals surface area contributed by atoms with Gasteiger partial charge in [-0.05, 0) is 42.8 Å². The Kier molecular flexibility index (Phi) is 5.52. The molecule has 0 saturated carbocycles. The number of carbonyl (C=O) groups is 1. The number of quaternary nitrogens is 1. The van der Waals surface area contributed by atoms with Crippen LogP contribution in [0.1, 0.15) is 21.5 Å². The van der Waals surface area contributed by atoms with Crippen LogP contribution in [-0.4, -0.2) is 44.1 Å². The molecule has 0 unspecified atom stereocenters. The zero-order chi connectivity index (χ0) is 18.7. The summed E-state index contributed by atoms with van der Waals surface area (Å²) in [5, 5.41) is 0. The van der Waals surface area contributed by atoms with E-state index < -0.39 is 0 Å². The SMILES string of the molecule is COc1ccc(C[NH+]2CCN(C(=O)c3ccc(C)c(F)c3)CC2)cc1F. The molecular formula is C20H23F2N2O2+. The van der Waals surface area contributed by atoms with Gasteiger partial charge in [-0.3, -0.25) is 4.79 Å². The number of piperazine rings is 1. The molecular weight excluding hydrogens is 338 g/mol. The van der Waals surface area contributed by atoms with E-state index in [9.17, 15) is 13.6 Å². The average Bonchev–Trinajstić information content (AvgIpc) is 2.64. The van der Waals surface area contributed by atoms with Gasteiger partial charge in [-0.1, -0.05) is 6.07 Å². The number of hydrogen-bond donors (Lipinski definition) is 1. The van der Waals surface area contributed by atoms with Crippen LogP contribution in [0.4, 0.5) is 8.78 Å². The molecule has 1 N–H and O–H groups in total. The van der Waals surface area contributed by atoms with Gasteiger partial charge in [-0.2, -0.15) is 0 Å². The summed E-state index contributed by atoms with van der Waals surface area (Å²) in [7, 11) is 1.44. The predicted octanol–water partition coefficient (Wildman–Crippen LogP) is 1.82. The van der Waals surface area contributed by atoms with Crippen molar-refractivity contribution in [1.29, 1.82) is 0 Å². The number of ether oxygens (including phenoxy) is 1. The van der Waals surface area contributed by atoms with Crippen LogP contribution in [0.3, 0.4) is 0 Å². The molecule has 1 amide bonds. The number of aryl methyl sites for hydroxylation is 1. The van der Waals surface area contributed by atoms with Crippen LogP contribution in [0.2, 0.25) is 0 Å². The lowest BCUT2D eigenvalue weighted by Crippen LogP contribution is -3.13. The lowest BCUT2D eigenvalue weighted by molar-refractivity contribution is -0.917. The van der Waals surface area contributed by atoms with Crippen molar-refractivity contribution < 1.29 is 23.2 Å². The number of rotatable bonds is 4. The normalized spacial score (nSPS) is 15.2. The van der Waals surface area contributed by atoms with Crippen LogP contribution < -0.4 is 9.64 Å². The minimum atomic E-state index is -0.361. The summed E-state index contributed by atoms with van der Waals surface area (Å²) < 4.78 is 32.4. The fourth-order valence-electron chi connectivity index (χ4n) is 3.22. The molecule has 1 heterocycles. The third-order valence-electron chi connectivity index (χ3n) is 4.85. The highest BCUT2D eigenvalue weighted by molar-refractivity contribution is 5.94. The Morgan fingerprint density at radius 2 is 1.85 bits per heavy atom. The summed E-state index contributed by atoms with van der Waals surface area (Å²) in [6.45, 7) is 5.11. The maximum absolute atomic E-state index is 13.8. The summed E-state index contributed by atoms with van der Waals surface area (Å²) in [5.74, 6) is -0.621. The fraction of sp³-hybridized carbons (Fsp3) is 0.350. The molecule has 26 heavy (non-hydrogen) atoms. The molecule has 1 saturated heterocycles. The van der Waals surface area contributed by atoms with Gasteiger partial charge in [-0.15, -0.1) is 0 Å². The highest BCUT2D eigenvalue weighted by atomic mass is 19.1. The van der Waals surface area contributed by atoms with E-state index in [4.69, 9.17) is 4.74 Å². The van der Waals surface area contributed by atoms with Crippen LogP contribution in [0.15, 0.2) is 36.4 Å². The molecule has 0 aromatic heterocycles. The lowest BCUT2D eigenvalue weighted by atomic mass is 10.1. The summed E-state index contributed by atoms with van der Waals surface area (Å²) in [6.07, 6.45) is 0. The maximum atomic E-state index is 13.8. The number of nitrogens with zero attached hydrogens (tertiary/aromatic N) is 1. The minimum absolute atomic E-state index is 0.140. The number of methoxy groups -OCH3 is 1. The van der Waals surface area contributed by atoms with E-state index in [0.29, 0.717) is 30.8 Å². The molecule has 0 aliphatic carbocycles. The summed E-state index contributed by atoms with van der Waals surface area (Å²) >= 11 is 0. The van der Waals surface area contributed by atoms with Crippen LogP contribution in [-0.2, 0) is 6.54 Å². The van der Waals surface area contributed by atoms with Gasteiger partial charge in [0.25, 0.3) is 5.91 Å². The van der Waals surface area contributed by atoms with Crippen molar-refractivity contribution in [3.8, 4) is 5.75 Å². The first kappa shape index (κ1) is 18.3. The van der Waals surface area contributed by atoms with E-state index in [0.717, 1.165) is 18.7 Å². The van der Waals surface area contributed by atoms with Gasteiger partial charge in [0.15, 0.2) is 11.6 Å². The van der Waals surface area contributed by atoms with Crippen LogP contribution in [0.5, 0.6) is 5.75 Å². The monoisotopic (exact) mass is 361 g/mol. The maximum Gasteiger partial charge on any atom is 0.254 e. The van der Waals surface area contributed by atoms with E-state index in [1.165, 1.54) is 24.1 Å². The Labute approximate surface area is 152 Å². The number of hydrogen-bond acceptors (Lipinski definition) is 2. The first-order valence-electron chi connectivity index (χ1n) is 8.69. The van der Waals surface area contributed by atoms with Crippen molar-refractivity contribution in [2.75, 3.05) is 33.3 Å². The van der Waals surface area contributed by atoms with Gasteiger partial charge in [0.2, 0.25) is 0 Å². The zero-order valence-electron chi connectivity index (χ0n) is 15.0. The number of nitrogens with one attached hydrogen (secondary N) is 1. The van der Waals surface area contributed by atoms with Crippen LogP contribution in [0, 0.1) is 18.6 Å². The summed E-state index contributed by atoms with van der Waals surface area (Å²) in [4.78, 5) is 15.6. The Hall–Kier alpha value is -2.47. The van der Waals surface area contributed by atoms with Crippen molar-refractivity contribution >= 4 is 5.91 Å². The van der Waals surface area contributed by atoms with Gasteiger partial charge in [0.05, 0.1) is 33.3 Å². The van der Waals surface area contributed by atoms with Crippen molar-refractivity contribution in [2.45, 2.75) is 13.5 Å². The van der Waals surface area contributed by atoms with E-state index in [2.05, 4.69) is 0 Å². The molecule has 3 rings (SSSR count). The van der Waals surface area contributed by atoms with Crippen molar-refractivity contribution in [3.63, 3.8) is 0 Å². The van der Waals surface area contributed by atoms with Gasteiger partial charge in [-0.25, -0.2) is 8.78 Å². The number of benzene rings is 2. The van der Waals surface area contributed by atoms with Crippen molar-refractivity contribution in [1.82, 2.24) is 4.90 Å². The van der Waals surface area contributed by atoms with Gasteiger partial charge < -0.3 is 14.5 Å². The molecule has 138 valence electrons. The van der Waals surface area contributed by atoms with Crippen molar-refractivity contribution in [2.24, 2.45) is 0 Å². The Morgan fingerprint density at radius 3 is 2.46 bits per heavy atom. The molecule has 0 spiro atoms. The molecule has 2 aromatic rings. The number of halogens is 2. The molecule has 0 bridgehead atoms. The Morgan fingerprint density at radius 1 is 1.12 bits per heavy atom. The third kappa shape index (κ3) is 4.02. The predicted molar refractivity (Wildman–Crippen MR) is 94.4 cm³/mol. The summed E-state index contributed by atoms with van der Waals surface area (Å²) in [5.41, 5.74) is 1.81. The average molecular weight is 361 g/mol. The lowest BCUT2D eigenvalue weighted by Gasteiger charge is -2.32. The second-order valence-corrected chi connectivity index (χ2v) is 6.65. The molecule has 6 heteroatoms. The van der Waals surface area contributed by atoms with E-state index in [-0.39, 0.29) is 23.3 Å². The molecule has 0 radical (unpaired) electrons. The first-order chi connectivity index (χ1) is 12.5. The third-order valence-corrected chi connectivity index (χ3v) is 4.85. The second kappa shape index (κ2) is 7.83. The van der Waals surface area contributed by atoms with E-state index in [1.54, 1.807) is 30.0 Å². The molecule has 1 aliphatic rings. The van der Waals surface area contributed by atoms with Gasteiger partial charge in [0, 0.05) is 11.1 Å². The van der Waals surface area contributed by atoms with Gasteiger partial charge >= 0.3 is 0 Å². The van der Waals surface area contributed by atoms with E-state index >= 15 is 0 Å². The standard InChI is InChI=1S/C20H22F2N2O2/c1-14-3-5-16(12-17(14)21)20(25)24-9-7-23(8-10-24)13-15-4-6-19(26-2)18(22)11-15/h3-6,11-12H,7-10,13H2,1-2H3/p+1. The zero-order valence-corrected chi connectivity index (χ0v) is 15.0. The van der Waals surface area contributed by atoms with Gasteiger partial charge in [0.1, 0.15) is 12.4 Å². The van der Waals surface area contributed by atoms with Crippen LogP contribution in [0.25, 0.3) is 0 Å². The smallest absolute Gasteiger partial charge is 0.254 e. The van der Waals surface area contributed by atoms with Crippen molar-refractivity contribution in [3.05, 3.63) is 64.7 Å². The summed E-state index contributed by atoms with van der Waals surface area (Å²) in [6, 6.07) is 9.59. The second-order valence-electron chi connectivity index (χ2n) is 6.65. The highest BCUT2D eigenvalue weighted by Gasteiger charge is 2.25. The molecule has 4 nitrogen and oxygen atoms in total. The van der Waals surface area contributed by atoms with Crippen LogP contribution >= 0.6 is 0 Å². The number of carbonyl (C=O) groups excluding carboxylic acids is 1. The number of amides is 1. The molecule has 2 aromatic carbocycles. The topological polar surface area (TPSA) is 34.0 Å². The molecule has 1 fully saturated rings. The Bertz CT molecular complexity index is 802.